The molecule has 2 aliphatic heterocycles. The highest BCUT2D eigenvalue weighted by Crippen LogP contribution is 2.59. The Morgan fingerprint density at radius 2 is 0.770 bits per heavy atom. The summed E-state index contributed by atoms with van der Waals surface area (Å²) in [7, 11) is 0. The Bertz CT molecular complexity index is 3030. The van der Waals surface area contributed by atoms with Gasteiger partial charge < -0.3 is 9.97 Å². The SMILES string of the molecule is FC(F)(Cl)C(F)(F)C(F)(F)C(F)(F)C1=Cc2nc1c(-c1ccccc1)c1ccc([nH]1)c(-c1ccccc1)c1ccc([nH]1)c(-c1ccccc1)c1nc(c2-c2ccccc2)C=C1. The number of rotatable bonds is 8. The van der Waals surface area contributed by atoms with Gasteiger partial charge in [-0.2, -0.15) is 35.1 Å². The lowest BCUT2D eigenvalue weighted by Gasteiger charge is -2.35. The van der Waals surface area contributed by atoms with Crippen LogP contribution in [0.1, 0.15) is 22.8 Å². The van der Waals surface area contributed by atoms with Crippen molar-refractivity contribution in [3.05, 3.63) is 168 Å². The highest BCUT2D eigenvalue weighted by atomic mass is 35.5. The summed E-state index contributed by atoms with van der Waals surface area (Å²) in [4.78, 5) is 16.4. The van der Waals surface area contributed by atoms with Crippen LogP contribution in [0.5, 0.6) is 0 Å². The van der Waals surface area contributed by atoms with Gasteiger partial charge in [0.05, 0.1) is 28.3 Å². The zero-order chi connectivity index (χ0) is 42.7. The van der Waals surface area contributed by atoms with Gasteiger partial charge in [-0.3, -0.25) is 0 Å². The largest absolute Gasteiger partial charge is 0.393 e. The summed E-state index contributed by atoms with van der Waals surface area (Å²) >= 11 is 4.46. The topological polar surface area (TPSA) is 57.4 Å². The van der Waals surface area contributed by atoms with Gasteiger partial charge in [0, 0.05) is 44.3 Å². The maximum absolute atomic E-state index is 16.8. The minimum atomic E-state index is -6.74. The van der Waals surface area contributed by atoms with E-state index < -0.39 is 34.4 Å². The van der Waals surface area contributed by atoms with Gasteiger partial charge in [-0.1, -0.05) is 121 Å². The van der Waals surface area contributed by atoms with Crippen molar-refractivity contribution < 1.29 is 35.1 Å². The van der Waals surface area contributed by atoms with Gasteiger partial charge in [0.15, 0.2) is 0 Å². The zero-order valence-corrected chi connectivity index (χ0v) is 32.1. The number of nitrogens with zero attached hydrogens (tertiary/aromatic N) is 2. The molecule has 4 nitrogen and oxygen atoms in total. The first kappa shape index (κ1) is 39.7. The predicted molar refractivity (Wildman–Crippen MR) is 225 cm³/mol. The Morgan fingerprint density at radius 3 is 1.23 bits per heavy atom. The summed E-state index contributed by atoms with van der Waals surface area (Å²) in [5.41, 5.74) is 2.57. The molecule has 0 aliphatic carbocycles. The smallest absolute Gasteiger partial charge is 0.354 e. The van der Waals surface area contributed by atoms with E-state index in [-0.39, 0.29) is 33.6 Å². The number of hydrogen-bond acceptors (Lipinski definition) is 2. The first-order chi connectivity index (χ1) is 29.2. The molecule has 0 amide bonds. The van der Waals surface area contributed by atoms with E-state index in [1.807, 2.05) is 72.8 Å². The number of fused-ring (bicyclic) bond motifs is 8. The molecular weight excluding hydrogens is 820 g/mol. The number of halogens is 9. The van der Waals surface area contributed by atoms with Crippen LogP contribution in [0.2, 0.25) is 0 Å². The molecule has 304 valence electrons. The number of allylic oxidation sites excluding steroid dienone is 1. The number of benzene rings is 4. The Morgan fingerprint density at radius 1 is 0.393 bits per heavy atom. The molecule has 3 aromatic heterocycles. The van der Waals surface area contributed by atoms with E-state index in [4.69, 9.17) is 4.98 Å². The fourth-order valence-electron chi connectivity index (χ4n) is 7.70. The van der Waals surface area contributed by atoms with E-state index in [0.717, 1.165) is 11.1 Å². The number of alkyl halides is 9. The van der Waals surface area contributed by atoms with Crippen molar-refractivity contribution >= 4 is 57.5 Å². The Hall–Kier alpha value is -6.79. The van der Waals surface area contributed by atoms with E-state index in [9.17, 15) is 17.6 Å². The molecule has 7 aromatic rings. The monoisotopic (exact) mass is 848 g/mol. The zero-order valence-electron chi connectivity index (χ0n) is 31.4. The molecule has 0 saturated carbocycles. The van der Waals surface area contributed by atoms with Crippen LogP contribution in [0.4, 0.5) is 35.1 Å². The normalized spacial score (nSPS) is 13.4. The van der Waals surface area contributed by atoms with Crippen LogP contribution < -0.4 is 0 Å². The second-order valence-corrected chi connectivity index (χ2v) is 14.9. The van der Waals surface area contributed by atoms with Crippen LogP contribution in [0.15, 0.2) is 146 Å². The standard InChI is InChI=1S/C48H29ClF8N4/c49-48(56,57)47(54,55)46(52,53)45(50,51)32-27-39-42(30-17-9-3-10-18-30)37-24-23-35(59-37)40(28-13-5-1-6-14-28)33-21-22-34(58-33)41(29-15-7-2-8-16-29)36-25-26-38(60-36)43(44(32)61-39)31-19-11-4-12-20-31/h1-27,58,60H. The van der Waals surface area contributed by atoms with Crippen LogP contribution in [0, 0.1) is 0 Å². The molecule has 8 bridgehead atoms. The fourth-order valence-corrected chi connectivity index (χ4v) is 7.82. The molecule has 5 heterocycles. The quantitative estimate of drug-likeness (QED) is 0.118. The Kier molecular flexibility index (Phi) is 9.58. The van der Waals surface area contributed by atoms with Crippen LogP contribution in [-0.2, 0) is 0 Å². The van der Waals surface area contributed by atoms with Gasteiger partial charge in [0.1, 0.15) is 0 Å². The van der Waals surface area contributed by atoms with Crippen molar-refractivity contribution in [2.45, 2.75) is 23.1 Å². The second kappa shape index (κ2) is 14.7. The van der Waals surface area contributed by atoms with Crippen molar-refractivity contribution in [3.8, 4) is 44.5 Å². The minimum absolute atomic E-state index is 0.0684. The van der Waals surface area contributed by atoms with Crippen LogP contribution in [0.3, 0.4) is 0 Å². The first-order valence-corrected chi connectivity index (χ1v) is 19.2. The highest BCUT2D eigenvalue weighted by molar-refractivity contribution is 6.22. The Balaban J connectivity index is 1.51. The first-order valence-electron chi connectivity index (χ1n) is 18.8. The molecule has 0 saturated heterocycles. The molecule has 9 rings (SSSR count). The summed E-state index contributed by atoms with van der Waals surface area (Å²) in [6.45, 7) is 0. The van der Waals surface area contributed by atoms with E-state index in [0.29, 0.717) is 45.0 Å². The van der Waals surface area contributed by atoms with Gasteiger partial charge in [0.2, 0.25) is 0 Å². The molecule has 0 atom stereocenters. The van der Waals surface area contributed by atoms with Crippen molar-refractivity contribution in [1.82, 2.24) is 19.9 Å². The van der Waals surface area contributed by atoms with Gasteiger partial charge in [-0.25, -0.2) is 9.97 Å². The highest BCUT2D eigenvalue weighted by Gasteiger charge is 2.81. The lowest BCUT2D eigenvalue weighted by Crippen LogP contribution is -2.60. The number of H-pyrrole nitrogens is 2. The van der Waals surface area contributed by atoms with Crippen LogP contribution >= 0.6 is 11.6 Å². The van der Waals surface area contributed by atoms with Crippen molar-refractivity contribution in [3.63, 3.8) is 0 Å². The number of hydrogen-bond donors (Lipinski definition) is 2. The van der Waals surface area contributed by atoms with E-state index >= 15 is 17.6 Å². The number of aromatic amines is 2. The molecule has 0 spiro atoms. The van der Waals surface area contributed by atoms with Crippen LogP contribution in [-0.4, -0.2) is 43.1 Å². The molecule has 13 heteroatoms. The van der Waals surface area contributed by atoms with Gasteiger partial charge in [-0.15, -0.1) is 0 Å². The summed E-state index contributed by atoms with van der Waals surface area (Å²) in [5, 5.41) is -6.07. The second-order valence-electron chi connectivity index (χ2n) is 14.4. The predicted octanol–water partition coefficient (Wildman–Crippen LogP) is 14.4. The minimum Gasteiger partial charge on any atom is -0.354 e. The fraction of sp³-hybridized carbons (Fsp3) is 0.0833. The van der Waals surface area contributed by atoms with E-state index in [2.05, 4.69) is 26.6 Å². The van der Waals surface area contributed by atoms with Gasteiger partial charge in [-0.05, 0) is 76.3 Å². The van der Waals surface area contributed by atoms with Crippen molar-refractivity contribution in [1.29, 1.82) is 0 Å². The maximum Gasteiger partial charge on any atom is 0.393 e. The summed E-state index contributed by atoms with van der Waals surface area (Å²) in [6, 6.07) is 41.5. The van der Waals surface area contributed by atoms with Gasteiger partial charge >= 0.3 is 23.1 Å². The van der Waals surface area contributed by atoms with E-state index in [1.54, 1.807) is 66.7 Å². The number of nitrogens with one attached hydrogen (secondary N) is 2. The summed E-state index contributed by atoms with van der Waals surface area (Å²) in [5.74, 6) is -19.5. The molecule has 0 fully saturated rings. The van der Waals surface area contributed by atoms with Crippen molar-refractivity contribution in [2.75, 3.05) is 0 Å². The molecule has 0 unspecified atom stereocenters. The molecule has 61 heavy (non-hydrogen) atoms. The third kappa shape index (κ3) is 6.62. The molecular formula is C48H29ClF8N4. The molecule has 2 aliphatic rings. The third-order valence-corrected chi connectivity index (χ3v) is 10.8. The number of aromatic nitrogens is 4. The average molecular weight is 849 g/mol. The van der Waals surface area contributed by atoms with E-state index in [1.165, 1.54) is 18.2 Å². The Labute approximate surface area is 347 Å². The van der Waals surface area contributed by atoms with Crippen molar-refractivity contribution in [2.24, 2.45) is 0 Å². The van der Waals surface area contributed by atoms with Gasteiger partial charge in [0.25, 0.3) is 0 Å². The summed E-state index contributed by atoms with van der Waals surface area (Å²) in [6.07, 6.45) is 3.84. The molecule has 2 N–H and O–H groups in total. The maximum atomic E-state index is 16.8. The average Bonchev–Trinajstić information content (AvgIpc) is 4.09. The van der Waals surface area contributed by atoms with Crippen LogP contribution in [0.25, 0.3) is 90.4 Å². The lowest BCUT2D eigenvalue weighted by atomic mass is 9.91. The lowest BCUT2D eigenvalue weighted by molar-refractivity contribution is -0.332. The third-order valence-electron chi connectivity index (χ3n) is 10.6. The molecule has 0 radical (unpaired) electrons. The molecule has 4 aromatic carbocycles. The summed E-state index contributed by atoms with van der Waals surface area (Å²) < 4.78 is 123.